The number of benzene rings is 1. The average molecular weight is 613 g/mol. The minimum absolute atomic E-state index is 0.133. The molecule has 2 aliphatic rings. The van der Waals surface area contributed by atoms with Gasteiger partial charge in [0.2, 0.25) is 0 Å². The van der Waals surface area contributed by atoms with Crippen LogP contribution in [0.4, 0.5) is 5.82 Å². The van der Waals surface area contributed by atoms with Gasteiger partial charge in [-0.3, -0.25) is 4.79 Å². The summed E-state index contributed by atoms with van der Waals surface area (Å²) < 4.78 is 29.4. The standard InChI is InChI=1S/C30H44N4O6Si2/c1-18(2)41(19(3)4)37-16-25-28(39-42(40-41,20(5)6)21(7)8)26(35)27(38-25)23-14-15-24-29(31-17-32-34(23)24)33-30(36)22-12-10-9-11-13-22/h9-15,17-21,25-28,35H,16H2,1-8H3,(H,31,32,33,36)/t25-,26+,27+,28-/m1/s1. The average Bonchev–Trinajstić information content (AvgIpc) is 3.49. The number of anilines is 1. The van der Waals surface area contributed by atoms with Crippen LogP contribution in [0.25, 0.3) is 5.52 Å². The first-order valence-corrected chi connectivity index (χ1v) is 18.9. The van der Waals surface area contributed by atoms with E-state index in [0.717, 1.165) is 0 Å². The van der Waals surface area contributed by atoms with Gasteiger partial charge in [0.15, 0.2) is 5.82 Å². The van der Waals surface area contributed by atoms with Gasteiger partial charge in [-0.15, -0.1) is 0 Å². The number of aromatic nitrogens is 3. The predicted octanol–water partition coefficient (Wildman–Crippen LogP) is 5.74. The highest BCUT2D eigenvalue weighted by Gasteiger charge is 2.61. The number of ether oxygens (including phenoxy) is 1. The number of aliphatic hydroxyl groups excluding tert-OH is 1. The van der Waals surface area contributed by atoms with Crippen molar-refractivity contribution in [2.75, 3.05) is 11.9 Å². The molecule has 42 heavy (non-hydrogen) atoms. The first-order chi connectivity index (χ1) is 19.9. The van der Waals surface area contributed by atoms with Crippen molar-refractivity contribution in [2.45, 2.75) is 102 Å². The normalized spacial score (nSPS) is 25.6. The van der Waals surface area contributed by atoms with Crippen molar-refractivity contribution < 1.29 is 27.6 Å². The zero-order valence-electron chi connectivity index (χ0n) is 25.8. The van der Waals surface area contributed by atoms with Crippen LogP contribution < -0.4 is 5.32 Å². The molecule has 2 N–H and O–H groups in total. The number of carbonyl (C=O) groups excluding carboxylic acids is 1. The highest BCUT2D eigenvalue weighted by molar-refractivity contribution is 6.84. The van der Waals surface area contributed by atoms with Gasteiger partial charge in [-0.25, -0.2) is 9.50 Å². The van der Waals surface area contributed by atoms with Crippen LogP contribution in [0.5, 0.6) is 0 Å². The van der Waals surface area contributed by atoms with Gasteiger partial charge >= 0.3 is 17.1 Å². The van der Waals surface area contributed by atoms with Gasteiger partial charge in [0.25, 0.3) is 5.91 Å². The monoisotopic (exact) mass is 612 g/mol. The van der Waals surface area contributed by atoms with Crippen molar-refractivity contribution in [2.24, 2.45) is 0 Å². The van der Waals surface area contributed by atoms with Crippen LogP contribution in [-0.4, -0.2) is 67.7 Å². The number of amides is 1. The summed E-state index contributed by atoms with van der Waals surface area (Å²) in [6.07, 6.45) is -1.42. The molecule has 3 aromatic rings. The highest BCUT2D eigenvalue weighted by atomic mass is 28.5. The van der Waals surface area contributed by atoms with Crippen LogP contribution in [0.1, 0.15) is 77.5 Å². The van der Waals surface area contributed by atoms with Crippen molar-refractivity contribution in [3.05, 3.63) is 60.0 Å². The summed E-state index contributed by atoms with van der Waals surface area (Å²) in [5.41, 5.74) is 2.44. The lowest BCUT2D eigenvalue weighted by Gasteiger charge is -2.51. The molecule has 12 heteroatoms. The van der Waals surface area contributed by atoms with E-state index in [1.54, 1.807) is 16.6 Å². The molecule has 2 saturated heterocycles. The lowest BCUT2D eigenvalue weighted by molar-refractivity contribution is -0.0399. The van der Waals surface area contributed by atoms with Crippen LogP contribution in [0, 0.1) is 0 Å². The molecule has 0 unspecified atom stereocenters. The fourth-order valence-electron chi connectivity index (χ4n) is 6.44. The third kappa shape index (κ3) is 5.27. The smallest absolute Gasteiger partial charge is 0.335 e. The van der Waals surface area contributed by atoms with E-state index in [1.807, 2.05) is 30.3 Å². The molecule has 0 aliphatic carbocycles. The van der Waals surface area contributed by atoms with Gasteiger partial charge in [0.05, 0.1) is 12.3 Å². The number of hydrogen-bond acceptors (Lipinski definition) is 8. The van der Waals surface area contributed by atoms with Crippen LogP contribution in [-0.2, 0) is 17.7 Å². The molecule has 2 aliphatic heterocycles. The number of nitrogens with one attached hydrogen (secondary N) is 1. The van der Waals surface area contributed by atoms with E-state index in [2.05, 4.69) is 70.8 Å². The second kappa shape index (κ2) is 11.9. The van der Waals surface area contributed by atoms with Gasteiger partial charge in [-0.05, 0) is 46.4 Å². The number of nitrogens with zero attached hydrogens (tertiary/aromatic N) is 3. The summed E-state index contributed by atoms with van der Waals surface area (Å²) in [7, 11) is -5.66. The maximum Gasteiger partial charge on any atom is 0.335 e. The van der Waals surface area contributed by atoms with E-state index < -0.39 is 41.5 Å². The Morgan fingerprint density at radius 1 is 0.952 bits per heavy atom. The zero-order valence-corrected chi connectivity index (χ0v) is 27.8. The largest absolute Gasteiger partial charge is 0.414 e. The van der Waals surface area contributed by atoms with Crippen molar-refractivity contribution in [1.29, 1.82) is 0 Å². The maximum absolute atomic E-state index is 12.8. The Labute approximate surface area is 250 Å². The summed E-state index contributed by atoms with van der Waals surface area (Å²) >= 11 is 0. The molecule has 2 aromatic heterocycles. The van der Waals surface area contributed by atoms with Crippen molar-refractivity contribution in [3.63, 3.8) is 0 Å². The highest BCUT2D eigenvalue weighted by Crippen LogP contribution is 2.49. The number of aliphatic hydroxyl groups is 1. The molecule has 0 bridgehead atoms. The molecule has 4 atom stereocenters. The molecule has 10 nitrogen and oxygen atoms in total. The third-order valence-electron chi connectivity index (χ3n) is 8.71. The van der Waals surface area contributed by atoms with Crippen molar-refractivity contribution >= 4 is 34.4 Å². The Hall–Kier alpha value is -2.46. The Kier molecular flexibility index (Phi) is 8.79. The Balaban J connectivity index is 1.49. The second-order valence-corrected chi connectivity index (χ2v) is 21.5. The quantitative estimate of drug-likeness (QED) is 0.325. The molecule has 4 heterocycles. The van der Waals surface area contributed by atoms with E-state index in [-0.39, 0.29) is 34.7 Å². The predicted molar refractivity (Wildman–Crippen MR) is 165 cm³/mol. The minimum atomic E-state index is -2.92. The van der Waals surface area contributed by atoms with Crippen molar-refractivity contribution in [3.8, 4) is 0 Å². The van der Waals surface area contributed by atoms with Gasteiger partial charge in [-0.2, -0.15) is 5.10 Å². The summed E-state index contributed by atoms with van der Waals surface area (Å²) in [5.74, 6) is 0.0964. The van der Waals surface area contributed by atoms with E-state index >= 15 is 0 Å². The van der Waals surface area contributed by atoms with Gasteiger partial charge < -0.3 is 28.1 Å². The molecule has 0 spiro atoms. The molecule has 1 amide bonds. The molecule has 228 valence electrons. The van der Waals surface area contributed by atoms with Crippen LogP contribution in [0.3, 0.4) is 0 Å². The lowest BCUT2D eigenvalue weighted by atomic mass is 10.1. The molecular formula is C30H44N4O6Si2. The van der Waals surface area contributed by atoms with Gasteiger partial charge in [0, 0.05) is 5.56 Å². The summed E-state index contributed by atoms with van der Waals surface area (Å²) in [6.45, 7) is 17.6. The number of carbonyl (C=O) groups is 1. The molecular weight excluding hydrogens is 569 g/mol. The first-order valence-electron chi connectivity index (χ1n) is 15.0. The van der Waals surface area contributed by atoms with E-state index in [0.29, 0.717) is 22.6 Å². The number of hydrogen-bond donors (Lipinski definition) is 2. The van der Waals surface area contributed by atoms with Crippen LogP contribution >= 0.6 is 0 Å². The third-order valence-corrected chi connectivity index (χ3v) is 19.0. The number of fused-ring (bicyclic) bond motifs is 2. The number of rotatable bonds is 7. The van der Waals surface area contributed by atoms with Crippen molar-refractivity contribution in [1.82, 2.24) is 14.6 Å². The van der Waals surface area contributed by atoms with E-state index in [4.69, 9.17) is 17.7 Å². The molecule has 1 aromatic carbocycles. The summed E-state index contributed by atoms with van der Waals surface area (Å²) in [5, 5.41) is 19.1. The van der Waals surface area contributed by atoms with Gasteiger partial charge in [-0.1, -0.05) is 73.6 Å². The first kappa shape index (κ1) is 31.0. The van der Waals surface area contributed by atoms with Gasteiger partial charge in [0.1, 0.15) is 36.3 Å². The Morgan fingerprint density at radius 2 is 1.60 bits per heavy atom. The van der Waals surface area contributed by atoms with Crippen LogP contribution in [0.2, 0.25) is 22.2 Å². The maximum atomic E-state index is 12.8. The summed E-state index contributed by atoms with van der Waals surface area (Å²) in [4.78, 5) is 17.2. The SMILES string of the molecule is CC(C)[Si]1(C(C)C)OC[C@H]2O[C@@H](c3ccc4c(NC(=O)c5ccccc5)ncnn34)[C@H](O)[C@@H]2O[Si](C(C)C)(C(C)C)O1. The molecule has 5 rings (SSSR count). The fraction of sp³-hybridized carbons (Fsp3) is 0.567. The lowest BCUT2D eigenvalue weighted by Crippen LogP contribution is -2.65. The molecule has 2 fully saturated rings. The minimum Gasteiger partial charge on any atom is -0.414 e. The zero-order chi connectivity index (χ0) is 30.4. The van der Waals surface area contributed by atoms with Crippen LogP contribution in [0.15, 0.2) is 48.8 Å². The fourth-order valence-corrected chi connectivity index (χ4v) is 17.6. The van der Waals surface area contributed by atoms with E-state index in [1.165, 1.54) is 6.33 Å². The molecule has 0 radical (unpaired) electrons. The Bertz CT molecular complexity index is 1380. The van der Waals surface area contributed by atoms with E-state index in [9.17, 15) is 9.90 Å². The Morgan fingerprint density at radius 3 is 2.21 bits per heavy atom. The second-order valence-electron chi connectivity index (χ2n) is 12.6. The summed E-state index contributed by atoms with van der Waals surface area (Å²) in [6, 6.07) is 12.6. The topological polar surface area (TPSA) is 116 Å². The molecule has 0 saturated carbocycles.